The fourth-order valence-corrected chi connectivity index (χ4v) is 2.77. The van der Waals surface area contributed by atoms with Crippen LogP contribution in [0.5, 0.6) is 11.5 Å². The molecule has 1 heterocycles. The minimum Gasteiger partial charge on any atom is -0.466 e. The van der Waals surface area contributed by atoms with Gasteiger partial charge >= 0.3 is 5.97 Å². The summed E-state index contributed by atoms with van der Waals surface area (Å²) in [4.78, 5) is 12.2. The second-order valence-electron chi connectivity index (χ2n) is 5.69. The maximum atomic E-state index is 12.2. The molecule has 5 heteroatoms. The van der Waals surface area contributed by atoms with Gasteiger partial charge in [0, 0.05) is 0 Å². The highest BCUT2D eigenvalue weighted by Gasteiger charge is 2.42. The van der Waals surface area contributed by atoms with Crippen molar-refractivity contribution in [2.75, 3.05) is 13.4 Å². The van der Waals surface area contributed by atoms with Gasteiger partial charge in [0.1, 0.15) is 5.60 Å². The normalized spacial score (nSPS) is 17.4. The zero-order chi connectivity index (χ0) is 15.6. The summed E-state index contributed by atoms with van der Waals surface area (Å²) in [5.74, 6) is 0.114. The Morgan fingerprint density at radius 3 is 2.67 bits per heavy atom. The highest BCUT2D eigenvalue weighted by atomic mass is 16.7. The lowest BCUT2D eigenvalue weighted by Crippen LogP contribution is -2.41. The molecule has 0 bridgehead atoms. The molecular formula is C16H22O5. The Labute approximate surface area is 124 Å². The molecule has 1 aromatic rings. The Morgan fingerprint density at radius 1 is 1.38 bits per heavy atom. The molecule has 0 saturated heterocycles. The maximum Gasteiger partial charge on any atom is 0.312 e. The van der Waals surface area contributed by atoms with Gasteiger partial charge in [-0.25, -0.2) is 0 Å². The smallest absolute Gasteiger partial charge is 0.312 e. The number of carbonyl (C=O) groups is 1. The molecule has 1 aliphatic heterocycles. The number of benzene rings is 1. The van der Waals surface area contributed by atoms with Crippen molar-refractivity contribution >= 4 is 5.97 Å². The molecule has 0 saturated carbocycles. The molecule has 0 spiro atoms. The standard InChI is InChI=1S/C16H22O5/c1-5-19-15(17)14(10(2)3)16(4,18)11-6-7-12-13(8-11)21-9-20-12/h6-8,10,14,18H,5,9H2,1-4H3. The monoisotopic (exact) mass is 294 g/mol. The van der Waals surface area contributed by atoms with Crippen LogP contribution in [0.1, 0.15) is 33.3 Å². The van der Waals surface area contributed by atoms with E-state index in [9.17, 15) is 9.90 Å². The highest BCUT2D eigenvalue weighted by molar-refractivity contribution is 5.74. The van der Waals surface area contributed by atoms with Gasteiger partial charge in [-0.05, 0) is 37.5 Å². The number of aliphatic hydroxyl groups is 1. The summed E-state index contributed by atoms with van der Waals surface area (Å²) in [5, 5.41) is 10.9. The summed E-state index contributed by atoms with van der Waals surface area (Å²) in [6, 6.07) is 5.22. The summed E-state index contributed by atoms with van der Waals surface area (Å²) >= 11 is 0. The maximum absolute atomic E-state index is 12.2. The van der Waals surface area contributed by atoms with Gasteiger partial charge in [0.05, 0.1) is 12.5 Å². The lowest BCUT2D eigenvalue weighted by Gasteiger charge is -2.34. The summed E-state index contributed by atoms with van der Waals surface area (Å²) < 4.78 is 15.7. The molecule has 1 aliphatic rings. The van der Waals surface area contributed by atoms with E-state index in [1.54, 1.807) is 32.0 Å². The average Bonchev–Trinajstić information content (AvgIpc) is 2.85. The first-order chi connectivity index (χ1) is 9.87. The fraction of sp³-hybridized carbons (Fsp3) is 0.562. The van der Waals surface area contributed by atoms with Crippen LogP contribution in [0.15, 0.2) is 18.2 Å². The van der Waals surface area contributed by atoms with Crippen molar-refractivity contribution in [3.8, 4) is 11.5 Å². The van der Waals surface area contributed by atoms with Crippen molar-refractivity contribution in [3.63, 3.8) is 0 Å². The Bertz CT molecular complexity index is 521. The molecule has 2 atom stereocenters. The number of rotatable bonds is 5. The van der Waals surface area contributed by atoms with Crippen LogP contribution >= 0.6 is 0 Å². The van der Waals surface area contributed by atoms with Crippen LogP contribution in [0.3, 0.4) is 0 Å². The van der Waals surface area contributed by atoms with Crippen LogP contribution < -0.4 is 9.47 Å². The second-order valence-corrected chi connectivity index (χ2v) is 5.69. The summed E-state index contributed by atoms with van der Waals surface area (Å²) in [7, 11) is 0. The van der Waals surface area contributed by atoms with Crippen molar-refractivity contribution in [1.82, 2.24) is 0 Å². The van der Waals surface area contributed by atoms with Crippen molar-refractivity contribution in [1.29, 1.82) is 0 Å². The van der Waals surface area contributed by atoms with E-state index in [4.69, 9.17) is 14.2 Å². The van der Waals surface area contributed by atoms with Gasteiger partial charge in [-0.1, -0.05) is 19.9 Å². The zero-order valence-electron chi connectivity index (χ0n) is 12.9. The predicted octanol–water partition coefficient (Wildman–Crippen LogP) is 2.46. The number of esters is 1. The number of hydrogen-bond donors (Lipinski definition) is 1. The lowest BCUT2D eigenvalue weighted by atomic mass is 9.76. The molecular weight excluding hydrogens is 272 g/mol. The lowest BCUT2D eigenvalue weighted by molar-refractivity contribution is -0.161. The minimum atomic E-state index is -1.35. The highest BCUT2D eigenvalue weighted by Crippen LogP contribution is 2.40. The van der Waals surface area contributed by atoms with E-state index >= 15 is 0 Å². The summed E-state index contributed by atoms with van der Waals surface area (Å²) in [6.07, 6.45) is 0. The molecule has 0 fully saturated rings. The van der Waals surface area contributed by atoms with E-state index in [-0.39, 0.29) is 12.7 Å². The largest absolute Gasteiger partial charge is 0.466 e. The fourth-order valence-electron chi connectivity index (χ4n) is 2.77. The van der Waals surface area contributed by atoms with Crippen molar-refractivity contribution in [2.24, 2.45) is 11.8 Å². The van der Waals surface area contributed by atoms with Crippen LogP contribution in [0.25, 0.3) is 0 Å². The first-order valence-electron chi connectivity index (χ1n) is 7.17. The van der Waals surface area contributed by atoms with E-state index in [0.29, 0.717) is 23.7 Å². The van der Waals surface area contributed by atoms with Gasteiger partial charge in [0.25, 0.3) is 0 Å². The molecule has 0 aromatic heterocycles. The molecule has 116 valence electrons. The molecule has 2 unspecified atom stereocenters. The van der Waals surface area contributed by atoms with E-state index < -0.39 is 17.5 Å². The molecule has 2 rings (SSSR count). The predicted molar refractivity (Wildman–Crippen MR) is 77.1 cm³/mol. The molecule has 1 N–H and O–H groups in total. The molecule has 0 amide bonds. The van der Waals surface area contributed by atoms with Crippen LogP contribution in [0, 0.1) is 11.8 Å². The van der Waals surface area contributed by atoms with Crippen LogP contribution in [0.4, 0.5) is 0 Å². The third kappa shape index (κ3) is 2.97. The molecule has 1 aromatic carbocycles. The Kier molecular flexibility index (Phi) is 4.42. The van der Waals surface area contributed by atoms with E-state index in [1.807, 2.05) is 13.8 Å². The number of hydrogen-bond acceptors (Lipinski definition) is 5. The number of ether oxygens (including phenoxy) is 3. The van der Waals surface area contributed by atoms with Gasteiger partial charge < -0.3 is 19.3 Å². The van der Waals surface area contributed by atoms with E-state index in [1.165, 1.54) is 0 Å². The average molecular weight is 294 g/mol. The molecule has 21 heavy (non-hydrogen) atoms. The van der Waals surface area contributed by atoms with Gasteiger partial charge in [-0.2, -0.15) is 0 Å². The molecule has 0 radical (unpaired) electrons. The summed E-state index contributed by atoms with van der Waals surface area (Å²) in [5.41, 5.74) is -0.736. The van der Waals surface area contributed by atoms with Gasteiger partial charge in [0.15, 0.2) is 11.5 Å². The quantitative estimate of drug-likeness (QED) is 0.845. The van der Waals surface area contributed by atoms with Crippen molar-refractivity contribution in [3.05, 3.63) is 23.8 Å². The Morgan fingerprint density at radius 2 is 2.05 bits per heavy atom. The topological polar surface area (TPSA) is 65.0 Å². The van der Waals surface area contributed by atoms with Gasteiger partial charge in [-0.15, -0.1) is 0 Å². The minimum absolute atomic E-state index is 0.0653. The third-order valence-corrected chi connectivity index (χ3v) is 3.77. The summed E-state index contributed by atoms with van der Waals surface area (Å²) in [6.45, 7) is 7.63. The number of carbonyl (C=O) groups excluding carboxylic acids is 1. The first-order valence-corrected chi connectivity index (χ1v) is 7.17. The van der Waals surface area contributed by atoms with Crippen LogP contribution in [-0.2, 0) is 15.1 Å². The zero-order valence-corrected chi connectivity index (χ0v) is 12.9. The third-order valence-electron chi connectivity index (χ3n) is 3.77. The first kappa shape index (κ1) is 15.6. The SMILES string of the molecule is CCOC(=O)C(C(C)C)C(C)(O)c1ccc2c(c1)OCO2. The second kappa shape index (κ2) is 5.93. The van der Waals surface area contributed by atoms with Crippen LogP contribution in [0.2, 0.25) is 0 Å². The molecule has 0 aliphatic carbocycles. The number of fused-ring (bicyclic) bond motifs is 1. The van der Waals surface area contributed by atoms with E-state index in [0.717, 1.165) is 0 Å². The Hall–Kier alpha value is -1.75. The van der Waals surface area contributed by atoms with Crippen LogP contribution in [-0.4, -0.2) is 24.5 Å². The van der Waals surface area contributed by atoms with Gasteiger partial charge in [0.2, 0.25) is 6.79 Å². The van der Waals surface area contributed by atoms with Crippen molar-refractivity contribution in [2.45, 2.75) is 33.3 Å². The molecule has 5 nitrogen and oxygen atoms in total. The van der Waals surface area contributed by atoms with Crippen molar-refractivity contribution < 1.29 is 24.1 Å². The Balaban J connectivity index is 2.35. The van der Waals surface area contributed by atoms with Gasteiger partial charge in [-0.3, -0.25) is 4.79 Å². The van der Waals surface area contributed by atoms with E-state index in [2.05, 4.69) is 0 Å².